The smallest absolute Gasteiger partial charge is 0.272 e. The quantitative estimate of drug-likeness (QED) is 0.438. The molecule has 0 saturated heterocycles. The summed E-state index contributed by atoms with van der Waals surface area (Å²) in [6, 6.07) is 3.75. The Bertz CT molecular complexity index is 1290. The first-order valence-corrected chi connectivity index (χ1v) is 10.7. The van der Waals surface area contributed by atoms with Crippen LogP contribution in [0.3, 0.4) is 0 Å². The third-order valence-electron chi connectivity index (χ3n) is 4.86. The predicted octanol–water partition coefficient (Wildman–Crippen LogP) is 4.73. The third kappa shape index (κ3) is 4.70. The second-order valence-corrected chi connectivity index (χ2v) is 8.66. The fourth-order valence-electron chi connectivity index (χ4n) is 3.22. The molecule has 164 valence electrons. The monoisotopic (exact) mass is 454 g/mol. The number of anilines is 1. The molecule has 10 heteroatoms. The molecule has 4 aromatic rings. The molecule has 0 spiro atoms. The Kier molecular flexibility index (Phi) is 6.04. The molecule has 2 atom stereocenters. The van der Waals surface area contributed by atoms with Crippen molar-refractivity contribution in [2.24, 2.45) is 0 Å². The molecule has 0 radical (unpaired) electrons. The Labute approximate surface area is 187 Å². The van der Waals surface area contributed by atoms with Crippen molar-refractivity contribution in [2.45, 2.75) is 32.9 Å². The van der Waals surface area contributed by atoms with Gasteiger partial charge in [-0.15, -0.1) is 11.3 Å². The number of aromatic nitrogens is 4. The van der Waals surface area contributed by atoms with E-state index < -0.39 is 23.6 Å². The van der Waals surface area contributed by atoms with Gasteiger partial charge in [-0.05, 0) is 50.1 Å². The van der Waals surface area contributed by atoms with Crippen LogP contribution in [0.15, 0.2) is 43.0 Å². The van der Waals surface area contributed by atoms with Crippen LogP contribution in [-0.4, -0.2) is 25.8 Å². The van der Waals surface area contributed by atoms with E-state index in [9.17, 15) is 13.6 Å². The number of rotatable bonds is 6. The minimum absolute atomic E-state index is 0.205. The van der Waals surface area contributed by atoms with Crippen LogP contribution < -0.4 is 10.6 Å². The van der Waals surface area contributed by atoms with E-state index in [0.717, 1.165) is 17.3 Å². The van der Waals surface area contributed by atoms with Crippen molar-refractivity contribution in [3.05, 3.63) is 76.3 Å². The normalized spacial score (nSPS) is 13.0. The van der Waals surface area contributed by atoms with Crippen LogP contribution in [0.2, 0.25) is 0 Å². The zero-order valence-electron chi connectivity index (χ0n) is 17.6. The molecule has 7 nitrogen and oxygen atoms in total. The van der Waals surface area contributed by atoms with Crippen LogP contribution in [0.4, 0.5) is 14.7 Å². The van der Waals surface area contributed by atoms with Gasteiger partial charge in [-0.25, -0.2) is 18.7 Å². The lowest BCUT2D eigenvalue weighted by Crippen LogP contribution is -2.28. The first-order chi connectivity index (χ1) is 15.3. The number of nitrogens with one attached hydrogen (secondary N) is 2. The Morgan fingerprint density at radius 3 is 2.19 bits per heavy atom. The molecule has 4 rings (SSSR count). The topological polar surface area (TPSA) is 92.7 Å². The molecule has 0 unspecified atom stereocenters. The largest absolute Gasteiger partial charge is 0.348 e. The van der Waals surface area contributed by atoms with Crippen LogP contribution >= 0.6 is 11.3 Å². The van der Waals surface area contributed by atoms with Gasteiger partial charge in [0.15, 0.2) is 5.69 Å². The fraction of sp³-hybridized carbons (Fsp3) is 0.227. The first-order valence-electron chi connectivity index (χ1n) is 9.86. The van der Waals surface area contributed by atoms with Gasteiger partial charge in [0.2, 0.25) is 5.95 Å². The number of amides is 1. The second kappa shape index (κ2) is 8.91. The minimum atomic E-state index is -0.481. The van der Waals surface area contributed by atoms with Gasteiger partial charge in [0.05, 0.1) is 34.7 Å². The Hall–Kier alpha value is -3.53. The summed E-state index contributed by atoms with van der Waals surface area (Å²) in [5.41, 5.74) is 1.99. The van der Waals surface area contributed by atoms with Crippen molar-refractivity contribution in [1.82, 2.24) is 25.3 Å². The molecule has 2 N–H and O–H groups in total. The summed E-state index contributed by atoms with van der Waals surface area (Å²) in [5, 5.41) is 5.95. The molecule has 0 aliphatic heterocycles. The predicted molar refractivity (Wildman–Crippen MR) is 118 cm³/mol. The number of thiophene rings is 1. The number of carbonyl (C=O) groups excluding carboxylic acids is 1. The van der Waals surface area contributed by atoms with E-state index >= 15 is 0 Å². The maximum Gasteiger partial charge on any atom is 0.272 e. The number of aryl methyl sites for hydroxylation is 1. The molecule has 0 bridgehead atoms. The van der Waals surface area contributed by atoms with E-state index in [1.165, 1.54) is 29.7 Å². The highest BCUT2D eigenvalue weighted by molar-refractivity contribution is 7.19. The Morgan fingerprint density at radius 1 is 0.938 bits per heavy atom. The van der Waals surface area contributed by atoms with Gasteiger partial charge in [-0.2, -0.15) is 0 Å². The number of fused-ring (bicyclic) bond motifs is 1. The van der Waals surface area contributed by atoms with E-state index in [4.69, 9.17) is 0 Å². The molecule has 4 aromatic heterocycles. The van der Waals surface area contributed by atoms with Gasteiger partial charge in [-0.3, -0.25) is 14.8 Å². The Morgan fingerprint density at radius 2 is 1.56 bits per heavy atom. The van der Waals surface area contributed by atoms with E-state index in [1.807, 2.05) is 19.9 Å². The highest BCUT2D eigenvalue weighted by atomic mass is 32.1. The van der Waals surface area contributed by atoms with Crippen molar-refractivity contribution in [2.75, 3.05) is 5.32 Å². The highest BCUT2D eigenvalue weighted by Crippen LogP contribution is 2.29. The van der Waals surface area contributed by atoms with Crippen LogP contribution in [0.1, 0.15) is 52.4 Å². The summed E-state index contributed by atoms with van der Waals surface area (Å²) in [5.74, 6) is -1.10. The zero-order chi connectivity index (χ0) is 22.8. The summed E-state index contributed by atoms with van der Waals surface area (Å²) in [6.45, 7) is 5.48. The lowest BCUT2D eigenvalue weighted by atomic mass is 10.1. The van der Waals surface area contributed by atoms with Crippen LogP contribution in [0.5, 0.6) is 0 Å². The maximum atomic E-state index is 13.5. The molecule has 32 heavy (non-hydrogen) atoms. The van der Waals surface area contributed by atoms with Gasteiger partial charge in [-0.1, -0.05) is 0 Å². The molecule has 1 amide bonds. The molecule has 0 aromatic carbocycles. The van der Waals surface area contributed by atoms with Gasteiger partial charge in [0, 0.05) is 17.3 Å². The van der Waals surface area contributed by atoms with E-state index in [-0.39, 0.29) is 17.7 Å². The summed E-state index contributed by atoms with van der Waals surface area (Å²) in [6.07, 6.45) is 5.29. The van der Waals surface area contributed by atoms with Crippen LogP contribution in [-0.2, 0) is 0 Å². The third-order valence-corrected chi connectivity index (χ3v) is 5.90. The van der Waals surface area contributed by atoms with Gasteiger partial charge in [0.1, 0.15) is 11.6 Å². The summed E-state index contributed by atoms with van der Waals surface area (Å²) < 4.78 is 27.7. The van der Waals surface area contributed by atoms with E-state index in [0.29, 0.717) is 21.3 Å². The molecule has 0 aliphatic rings. The minimum Gasteiger partial charge on any atom is -0.348 e. The van der Waals surface area contributed by atoms with Crippen molar-refractivity contribution in [1.29, 1.82) is 0 Å². The number of hydrogen-bond donors (Lipinski definition) is 2. The number of hydrogen-bond acceptors (Lipinski definition) is 7. The Balaban J connectivity index is 1.63. The lowest BCUT2D eigenvalue weighted by Gasteiger charge is -2.16. The SMILES string of the molecule is Cc1cc2nc(N[C@@H](C)c3cncc(F)c3)nc(C(=O)N[C@@H](C)c3cncc(F)c3)c2s1. The van der Waals surface area contributed by atoms with Gasteiger partial charge < -0.3 is 10.6 Å². The average Bonchev–Trinajstić information content (AvgIpc) is 3.13. The van der Waals surface area contributed by atoms with Crippen LogP contribution in [0, 0.1) is 18.6 Å². The molecular weight excluding hydrogens is 434 g/mol. The molecule has 0 saturated carbocycles. The van der Waals surface area contributed by atoms with Crippen LogP contribution in [0.25, 0.3) is 10.2 Å². The molecular formula is C22H20F2N6OS. The molecule has 4 heterocycles. The maximum absolute atomic E-state index is 13.5. The fourth-order valence-corrected chi connectivity index (χ4v) is 4.16. The van der Waals surface area contributed by atoms with Gasteiger partial charge in [0.25, 0.3) is 5.91 Å². The standard InChI is InChI=1S/C22H20F2N6OS/c1-11-4-18-20(32-11)19(21(31)27-12(2)14-5-16(23)9-25-7-14)30-22(29-18)28-13(3)15-6-17(24)10-26-8-15/h4-10,12-13H,1-3H3,(H,27,31)(H,28,29,30)/t12-,13-/m0/s1. The molecule has 0 aliphatic carbocycles. The van der Waals surface area contributed by atoms with Crippen molar-refractivity contribution < 1.29 is 13.6 Å². The number of pyridine rings is 2. The summed E-state index contributed by atoms with van der Waals surface area (Å²) in [4.78, 5) is 30.7. The van der Waals surface area contributed by atoms with Crippen molar-refractivity contribution >= 4 is 33.4 Å². The number of nitrogens with zero attached hydrogens (tertiary/aromatic N) is 4. The lowest BCUT2D eigenvalue weighted by molar-refractivity contribution is 0.0936. The summed E-state index contributed by atoms with van der Waals surface area (Å²) in [7, 11) is 0. The number of carbonyl (C=O) groups is 1. The van der Waals surface area contributed by atoms with E-state index in [1.54, 1.807) is 13.1 Å². The van der Waals surface area contributed by atoms with Crippen molar-refractivity contribution in [3.63, 3.8) is 0 Å². The average molecular weight is 455 g/mol. The highest BCUT2D eigenvalue weighted by Gasteiger charge is 2.20. The van der Waals surface area contributed by atoms with Gasteiger partial charge >= 0.3 is 0 Å². The summed E-state index contributed by atoms with van der Waals surface area (Å²) >= 11 is 1.41. The second-order valence-electron chi connectivity index (χ2n) is 7.40. The van der Waals surface area contributed by atoms with Crippen molar-refractivity contribution in [3.8, 4) is 0 Å². The first kappa shape index (κ1) is 21.7. The molecule has 0 fully saturated rings. The van der Waals surface area contributed by atoms with E-state index in [2.05, 4.69) is 30.6 Å². The zero-order valence-corrected chi connectivity index (χ0v) is 18.4. The number of halogens is 2.